The number of anilines is 1. The van der Waals surface area contributed by atoms with Gasteiger partial charge < -0.3 is 10.4 Å². The topological polar surface area (TPSA) is 91.2 Å². The number of halogens is 3. The number of thiazole rings is 1. The van der Waals surface area contributed by atoms with E-state index in [-0.39, 0.29) is 22.7 Å². The molecule has 2 aromatic heterocycles. The normalized spacial score (nSPS) is 18.8. The van der Waals surface area contributed by atoms with Crippen molar-refractivity contribution in [2.45, 2.75) is 38.1 Å². The van der Waals surface area contributed by atoms with Gasteiger partial charge in [0.2, 0.25) is 5.95 Å². The largest absolute Gasteiger partial charge is 0.420 e. The van der Waals surface area contributed by atoms with Gasteiger partial charge in [-0.15, -0.1) is 11.3 Å². The molecule has 0 amide bonds. The Kier molecular flexibility index (Phi) is 6.32. The van der Waals surface area contributed by atoms with Crippen LogP contribution in [-0.2, 0) is 17.2 Å². The summed E-state index contributed by atoms with van der Waals surface area (Å²) in [5.41, 5.74) is -1.28. The minimum Gasteiger partial charge on any atom is -0.388 e. The number of rotatable bonds is 5. The lowest BCUT2D eigenvalue weighted by Crippen LogP contribution is -2.39. The Bertz CT molecular complexity index is 851. The third-order valence-electron chi connectivity index (χ3n) is 4.38. The van der Waals surface area contributed by atoms with Crippen LogP contribution in [0.2, 0.25) is 0 Å². The molecular weight excluding hydrogens is 415 g/mol. The van der Waals surface area contributed by atoms with Crippen molar-refractivity contribution in [3.05, 3.63) is 22.8 Å². The number of hydrogen-bond acceptors (Lipinski definition) is 7. The molecule has 0 aromatic carbocycles. The van der Waals surface area contributed by atoms with Crippen molar-refractivity contribution in [3.63, 3.8) is 0 Å². The molecule has 12 heteroatoms. The van der Waals surface area contributed by atoms with Gasteiger partial charge in [0.15, 0.2) is 0 Å². The van der Waals surface area contributed by atoms with E-state index in [1.807, 2.05) is 4.31 Å². The molecule has 2 N–H and O–H groups in total. The van der Waals surface area contributed by atoms with Crippen LogP contribution >= 0.6 is 11.3 Å². The molecule has 2 atom stereocenters. The van der Waals surface area contributed by atoms with Crippen LogP contribution in [0.5, 0.6) is 0 Å². The molecule has 1 aliphatic rings. The van der Waals surface area contributed by atoms with Crippen LogP contribution in [0.3, 0.4) is 0 Å². The number of aliphatic hydroxyl groups excluding tert-OH is 1. The molecule has 0 aliphatic carbocycles. The molecule has 1 aliphatic heterocycles. The third kappa shape index (κ3) is 4.85. The molecule has 2 unspecified atom stereocenters. The monoisotopic (exact) mass is 435 g/mol. The zero-order valence-corrected chi connectivity index (χ0v) is 16.9. The van der Waals surface area contributed by atoms with Gasteiger partial charge in [0, 0.05) is 37.8 Å². The molecule has 7 nitrogen and oxygen atoms in total. The maximum atomic E-state index is 13.4. The highest BCUT2D eigenvalue weighted by Gasteiger charge is 2.36. The van der Waals surface area contributed by atoms with Crippen LogP contribution in [-0.4, -0.2) is 54.0 Å². The molecule has 28 heavy (non-hydrogen) atoms. The van der Waals surface area contributed by atoms with Gasteiger partial charge in [0.1, 0.15) is 16.3 Å². The summed E-state index contributed by atoms with van der Waals surface area (Å²) < 4.78 is 53.5. The van der Waals surface area contributed by atoms with E-state index in [0.717, 1.165) is 17.5 Å². The highest BCUT2D eigenvalue weighted by Crippen LogP contribution is 2.38. The minimum atomic E-state index is -4.62. The van der Waals surface area contributed by atoms with E-state index in [1.54, 1.807) is 6.26 Å². The summed E-state index contributed by atoms with van der Waals surface area (Å²) in [4.78, 5) is 12.4. The van der Waals surface area contributed by atoms with E-state index in [0.29, 0.717) is 30.8 Å². The number of nitrogens with zero attached hydrogens (tertiary/aromatic N) is 4. The van der Waals surface area contributed by atoms with Gasteiger partial charge in [-0.1, -0.05) is 0 Å². The number of hydrogen-bond donors (Lipinski definition) is 2. The van der Waals surface area contributed by atoms with Crippen molar-refractivity contribution >= 4 is 28.3 Å². The van der Waals surface area contributed by atoms with E-state index < -0.39 is 28.8 Å². The van der Waals surface area contributed by atoms with Gasteiger partial charge in [0.05, 0.1) is 22.0 Å². The van der Waals surface area contributed by atoms with Gasteiger partial charge in [0.25, 0.3) is 0 Å². The van der Waals surface area contributed by atoms with Gasteiger partial charge >= 0.3 is 6.18 Å². The minimum absolute atomic E-state index is 0.0197. The second-order valence-electron chi connectivity index (χ2n) is 6.47. The molecule has 154 valence electrons. The van der Waals surface area contributed by atoms with Crippen LogP contribution in [0.4, 0.5) is 19.1 Å². The second kappa shape index (κ2) is 8.39. The molecule has 0 bridgehead atoms. The standard InChI is InChI=1S/C16H20F3N5O2S2/c1-9(25)12-8-20-14(27-12)13-11(16(17,18)19)7-21-15(23-13)22-10-3-5-24(6-4-10)28(2)26/h7-10,25H,3-6H2,1-2H3,(H,21,22,23). The maximum absolute atomic E-state index is 13.4. The molecule has 1 saturated heterocycles. The van der Waals surface area contributed by atoms with Crippen LogP contribution in [0.15, 0.2) is 12.4 Å². The SMILES string of the molecule is CC(O)c1cnc(-c2nc(NC3CCN(S(C)=O)CC3)ncc2C(F)(F)F)s1. The molecule has 0 spiro atoms. The van der Waals surface area contributed by atoms with E-state index in [4.69, 9.17) is 0 Å². The zero-order chi connectivity index (χ0) is 20.5. The third-order valence-corrected chi connectivity index (χ3v) is 6.65. The molecule has 0 saturated carbocycles. The first-order valence-corrected chi connectivity index (χ1v) is 10.9. The Morgan fingerprint density at radius 3 is 2.54 bits per heavy atom. The van der Waals surface area contributed by atoms with Crippen molar-refractivity contribution in [3.8, 4) is 10.7 Å². The van der Waals surface area contributed by atoms with Crippen LogP contribution in [0.1, 0.15) is 36.3 Å². The van der Waals surface area contributed by atoms with E-state index >= 15 is 0 Å². The summed E-state index contributed by atoms with van der Waals surface area (Å²) in [7, 11) is -1.03. The summed E-state index contributed by atoms with van der Waals surface area (Å²) in [5.74, 6) is 0.0906. The first-order chi connectivity index (χ1) is 13.1. The predicted octanol–water partition coefficient (Wildman–Crippen LogP) is 2.84. The average Bonchev–Trinajstić information content (AvgIpc) is 3.11. The van der Waals surface area contributed by atoms with Crippen molar-refractivity contribution in [1.82, 2.24) is 19.3 Å². The Labute approximate surface area is 166 Å². The summed E-state index contributed by atoms with van der Waals surface area (Å²) in [6.07, 6.45) is -0.360. The first-order valence-electron chi connectivity index (χ1n) is 8.58. The lowest BCUT2D eigenvalue weighted by atomic mass is 10.1. The highest BCUT2D eigenvalue weighted by atomic mass is 32.2. The number of nitrogens with one attached hydrogen (secondary N) is 1. The fraction of sp³-hybridized carbons (Fsp3) is 0.562. The molecule has 2 aromatic rings. The van der Waals surface area contributed by atoms with Crippen molar-refractivity contribution in [2.75, 3.05) is 24.7 Å². The highest BCUT2D eigenvalue weighted by molar-refractivity contribution is 7.81. The summed E-state index contributed by atoms with van der Waals surface area (Å²) >= 11 is 0.963. The van der Waals surface area contributed by atoms with E-state index in [9.17, 15) is 22.5 Å². The summed E-state index contributed by atoms with van der Waals surface area (Å²) in [6, 6.07) is -0.0197. The lowest BCUT2D eigenvalue weighted by molar-refractivity contribution is -0.137. The number of piperidine rings is 1. The molecular formula is C16H20F3N5O2S2. The Hall–Kier alpha value is -1.63. The van der Waals surface area contributed by atoms with Crippen LogP contribution in [0, 0.1) is 0 Å². The molecule has 0 radical (unpaired) electrons. The summed E-state index contributed by atoms with van der Waals surface area (Å²) in [5, 5.41) is 12.8. The van der Waals surface area contributed by atoms with Gasteiger partial charge in [-0.3, -0.25) is 0 Å². The van der Waals surface area contributed by atoms with Crippen molar-refractivity contribution < 1.29 is 22.5 Å². The zero-order valence-electron chi connectivity index (χ0n) is 15.2. The van der Waals surface area contributed by atoms with Gasteiger partial charge in [-0.05, 0) is 19.8 Å². The molecule has 3 heterocycles. The average molecular weight is 435 g/mol. The number of aromatic nitrogens is 3. The smallest absolute Gasteiger partial charge is 0.388 e. The second-order valence-corrected chi connectivity index (χ2v) is 8.89. The Morgan fingerprint density at radius 1 is 1.32 bits per heavy atom. The Morgan fingerprint density at radius 2 is 2.00 bits per heavy atom. The van der Waals surface area contributed by atoms with Gasteiger partial charge in [-0.25, -0.2) is 23.5 Å². The number of aliphatic hydroxyl groups is 1. The fourth-order valence-electron chi connectivity index (χ4n) is 2.85. The maximum Gasteiger partial charge on any atom is 0.420 e. The predicted molar refractivity (Wildman–Crippen MR) is 101 cm³/mol. The number of alkyl halides is 3. The lowest BCUT2D eigenvalue weighted by Gasteiger charge is -2.30. The van der Waals surface area contributed by atoms with Crippen molar-refractivity contribution in [2.24, 2.45) is 0 Å². The summed E-state index contributed by atoms with van der Waals surface area (Å²) in [6.45, 7) is 2.77. The Balaban J connectivity index is 1.85. The quantitative estimate of drug-likeness (QED) is 0.751. The molecule has 1 fully saturated rings. The van der Waals surface area contributed by atoms with Crippen LogP contribution in [0.25, 0.3) is 10.7 Å². The van der Waals surface area contributed by atoms with Crippen molar-refractivity contribution in [1.29, 1.82) is 0 Å². The molecule has 3 rings (SSSR count). The van der Waals surface area contributed by atoms with Crippen LogP contribution < -0.4 is 5.32 Å². The fourth-order valence-corrected chi connectivity index (χ4v) is 4.43. The first kappa shape index (κ1) is 21.1. The van der Waals surface area contributed by atoms with E-state index in [2.05, 4.69) is 20.3 Å². The van der Waals surface area contributed by atoms with E-state index in [1.165, 1.54) is 13.1 Å². The van der Waals surface area contributed by atoms with Gasteiger partial charge in [-0.2, -0.15) is 13.2 Å².